The van der Waals surface area contributed by atoms with Gasteiger partial charge in [0.1, 0.15) is 6.54 Å². The molecular formula is C22H28N4O3. The van der Waals surface area contributed by atoms with Crippen molar-refractivity contribution in [2.24, 2.45) is 21.9 Å². The Morgan fingerprint density at radius 2 is 2.00 bits per heavy atom. The molecule has 0 bridgehead atoms. The number of nitrogens with two attached hydrogens (primary N) is 2. The van der Waals surface area contributed by atoms with Gasteiger partial charge < -0.3 is 16.2 Å². The average molecular weight is 396 g/mol. The van der Waals surface area contributed by atoms with Crippen LogP contribution in [-0.4, -0.2) is 42.4 Å². The molecule has 7 nitrogen and oxygen atoms in total. The normalized spacial score (nSPS) is 33.4. The Kier molecular flexibility index (Phi) is 4.04. The molecule has 2 spiro atoms. The highest BCUT2D eigenvalue weighted by atomic mass is 16.5. The number of rotatable bonds is 4. The highest BCUT2D eigenvalue weighted by molar-refractivity contribution is 6.10. The minimum absolute atomic E-state index is 0.103. The Bertz CT molecular complexity index is 915. The molecule has 1 atom stereocenters. The van der Waals surface area contributed by atoms with E-state index >= 15 is 0 Å². The fourth-order valence-electron chi connectivity index (χ4n) is 5.86. The summed E-state index contributed by atoms with van der Waals surface area (Å²) in [4.78, 5) is 31.6. The lowest BCUT2D eigenvalue weighted by Crippen LogP contribution is -2.53. The number of carbonyl (C=O) groups is 2. The standard InChI is InChI=1S/C22H28N4O3/c1-29-16-6-8-21(9-7-16)11-15-5-4-14(13-2-3-13)10-17(15)22(21)19(28)26(12-18(23)27)20(24)25-22/h4-5,10,13,16H,2-3,6-9,11-12H2,1H3,(H2,23,27)(H2,24,25)/t16-,21-,22?. The van der Waals surface area contributed by atoms with Crippen LogP contribution in [0.5, 0.6) is 0 Å². The smallest absolute Gasteiger partial charge is 0.263 e. The van der Waals surface area contributed by atoms with Crippen LogP contribution in [0.3, 0.4) is 0 Å². The summed E-state index contributed by atoms with van der Waals surface area (Å²) < 4.78 is 5.59. The van der Waals surface area contributed by atoms with Crippen molar-refractivity contribution < 1.29 is 14.3 Å². The first-order valence-corrected chi connectivity index (χ1v) is 10.5. The second kappa shape index (κ2) is 6.29. The highest BCUT2D eigenvalue weighted by Gasteiger charge is 2.66. The van der Waals surface area contributed by atoms with E-state index in [-0.39, 0.29) is 29.9 Å². The summed E-state index contributed by atoms with van der Waals surface area (Å²) in [5.41, 5.74) is 13.7. The van der Waals surface area contributed by atoms with Gasteiger partial charge in [-0.1, -0.05) is 18.2 Å². The van der Waals surface area contributed by atoms with Crippen molar-refractivity contribution in [2.75, 3.05) is 13.7 Å². The zero-order chi connectivity index (χ0) is 20.4. The molecule has 0 radical (unpaired) electrons. The van der Waals surface area contributed by atoms with Crippen LogP contribution in [0.1, 0.15) is 61.1 Å². The summed E-state index contributed by atoms with van der Waals surface area (Å²) >= 11 is 0. The van der Waals surface area contributed by atoms with Gasteiger partial charge in [-0.25, -0.2) is 4.99 Å². The van der Waals surface area contributed by atoms with E-state index in [1.165, 1.54) is 28.9 Å². The van der Waals surface area contributed by atoms with Crippen LogP contribution >= 0.6 is 0 Å². The summed E-state index contributed by atoms with van der Waals surface area (Å²) in [6.45, 7) is -0.232. The number of hydrogen-bond donors (Lipinski definition) is 2. The van der Waals surface area contributed by atoms with Crippen LogP contribution in [0.15, 0.2) is 23.2 Å². The number of nitrogens with zero attached hydrogens (tertiary/aromatic N) is 2. The van der Waals surface area contributed by atoms with Crippen molar-refractivity contribution in [1.29, 1.82) is 0 Å². The maximum absolute atomic E-state index is 13.9. The first kappa shape index (κ1) is 18.6. The molecule has 154 valence electrons. The van der Waals surface area contributed by atoms with E-state index in [1.54, 1.807) is 7.11 Å². The van der Waals surface area contributed by atoms with Crippen LogP contribution in [0, 0.1) is 5.41 Å². The van der Waals surface area contributed by atoms with Crippen molar-refractivity contribution >= 4 is 17.8 Å². The molecule has 1 heterocycles. The number of hydrogen-bond acceptors (Lipinski definition) is 5. The quantitative estimate of drug-likeness (QED) is 0.804. The number of primary amides is 1. The molecule has 1 unspecified atom stereocenters. The predicted molar refractivity (Wildman–Crippen MR) is 108 cm³/mol. The number of guanidine groups is 1. The van der Waals surface area contributed by atoms with E-state index < -0.39 is 11.4 Å². The van der Waals surface area contributed by atoms with Crippen LogP contribution < -0.4 is 11.5 Å². The van der Waals surface area contributed by atoms with Gasteiger partial charge in [0.2, 0.25) is 5.91 Å². The lowest BCUT2D eigenvalue weighted by molar-refractivity contribution is -0.140. The maximum atomic E-state index is 13.9. The molecule has 2 saturated carbocycles. The van der Waals surface area contributed by atoms with Crippen molar-refractivity contribution in [3.05, 3.63) is 34.9 Å². The van der Waals surface area contributed by atoms with Gasteiger partial charge in [-0.15, -0.1) is 0 Å². The summed E-state index contributed by atoms with van der Waals surface area (Å²) in [5.74, 6) is -0.101. The van der Waals surface area contributed by atoms with Gasteiger partial charge in [0.25, 0.3) is 5.91 Å². The number of amides is 2. The van der Waals surface area contributed by atoms with Crippen molar-refractivity contribution in [2.45, 2.75) is 62.5 Å². The lowest BCUT2D eigenvalue weighted by Gasteiger charge is -2.45. The summed E-state index contributed by atoms with van der Waals surface area (Å²) in [5, 5.41) is 0. The number of benzene rings is 1. The van der Waals surface area contributed by atoms with Gasteiger partial charge in [-0.3, -0.25) is 14.5 Å². The molecule has 1 aromatic carbocycles. The fraction of sp³-hybridized carbons (Fsp3) is 0.591. The molecule has 2 amide bonds. The summed E-state index contributed by atoms with van der Waals surface area (Å²) in [7, 11) is 1.75. The number of carbonyl (C=O) groups excluding carboxylic acids is 2. The molecule has 4 N–H and O–H groups in total. The van der Waals surface area contributed by atoms with Gasteiger partial charge in [0.05, 0.1) is 6.10 Å². The van der Waals surface area contributed by atoms with E-state index in [0.29, 0.717) is 5.92 Å². The van der Waals surface area contributed by atoms with E-state index in [9.17, 15) is 9.59 Å². The van der Waals surface area contributed by atoms with E-state index in [4.69, 9.17) is 21.2 Å². The van der Waals surface area contributed by atoms with Gasteiger partial charge in [-0.2, -0.15) is 0 Å². The van der Waals surface area contributed by atoms with E-state index in [2.05, 4.69) is 18.2 Å². The second-order valence-corrected chi connectivity index (χ2v) is 9.12. The Hall–Kier alpha value is -2.41. The van der Waals surface area contributed by atoms with Crippen molar-refractivity contribution in [3.8, 4) is 0 Å². The molecular weight excluding hydrogens is 368 g/mol. The van der Waals surface area contributed by atoms with Crippen molar-refractivity contribution in [1.82, 2.24) is 4.90 Å². The highest BCUT2D eigenvalue weighted by Crippen LogP contribution is 2.62. The molecule has 1 aromatic rings. The molecule has 2 fully saturated rings. The number of ether oxygens (including phenoxy) is 1. The molecule has 1 aliphatic heterocycles. The van der Waals surface area contributed by atoms with Gasteiger partial charge in [0, 0.05) is 12.5 Å². The van der Waals surface area contributed by atoms with Crippen LogP contribution in [0.2, 0.25) is 0 Å². The van der Waals surface area contributed by atoms with E-state index in [0.717, 1.165) is 37.7 Å². The zero-order valence-corrected chi connectivity index (χ0v) is 16.8. The fourth-order valence-corrected chi connectivity index (χ4v) is 5.86. The SMILES string of the molecule is CO[C@H]1CC[C@]2(CC1)Cc1ccc(C3CC3)cc1C21N=C(N)N(CC(N)=O)C1=O. The molecule has 29 heavy (non-hydrogen) atoms. The largest absolute Gasteiger partial charge is 0.381 e. The number of aliphatic imine (C=N–C) groups is 1. The molecule has 4 aliphatic rings. The van der Waals surface area contributed by atoms with Gasteiger partial charge in [0.15, 0.2) is 11.5 Å². The Balaban J connectivity index is 1.64. The molecule has 3 aliphatic carbocycles. The van der Waals surface area contributed by atoms with E-state index in [1.807, 2.05) is 0 Å². The third-order valence-electron chi connectivity index (χ3n) is 7.52. The van der Waals surface area contributed by atoms with Gasteiger partial charge in [-0.05, 0) is 67.6 Å². The van der Waals surface area contributed by atoms with Crippen LogP contribution in [0.25, 0.3) is 0 Å². The lowest BCUT2D eigenvalue weighted by atomic mass is 9.61. The predicted octanol–water partition coefficient (Wildman–Crippen LogP) is 1.53. The van der Waals surface area contributed by atoms with Crippen LogP contribution in [-0.2, 0) is 26.3 Å². The van der Waals surface area contributed by atoms with Crippen LogP contribution in [0.4, 0.5) is 0 Å². The first-order valence-electron chi connectivity index (χ1n) is 10.5. The average Bonchev–Trinajstić information content (AvgIpc) is 3.48. The van der Waals surface area contributed by atoms with Gasteiger partial charge >= 0.3 is 0 Å². The minimum atomic E-state index is -1.05. The number of fused-ring (bicyclic) bond motifs is 3. The molecule has 7 heteroatoms. The second-order valence-electron chi connectivity index (χ2n) is 9.12. The maximum Gasteiger partial charge on any atom is 0.263 e. The molecule has 5 rings (SSSR count). The summed E-state index contributed by atoms with van der Waals surface area (Å²) in [6, 6.07) is 6.57. The zero-order valence-electron chi connectivity index (χ0n) is 16.8. The Labute approximate surface area is 170 Å². The molecule has 0 saturated heterocycles. The van der Waals surface area contributed by atoms with Crippen molar-refractivity contribution in [3.63, 3.8) is 0 Å². The Morgan fingerprint density at radius 1 is 1.28 bits per heavy atom. The molecule has 0 aromatic heterocycles. The minimum Gasteiger partial charge on any atom is -0.381 e. The topological polar surface area (TPSA) is 111 Å². The monoisotopic (exact) mass is 396 g/mol. The first-order chi connectivity index (χ1) is 13.9. The third kappa shape index (κ3) is 2.56. The summed E-state index contributed by atoms with van der Waals surface area (Å²) in [6.07, 6.45) is 6.86. The Morgan fingerprint density at radius 3 is 2.62 bits per heavy atom. The number of methoxy groups -OCH3 is 1. The third-order valence-corrected chi connectivity index (χ3v) is 7.52.